The van der Waals surface area contributed by atoms with Crippen molar-refractivity contribution in [2.24, 2.45) is 0 Å². The van der Waals surface area contributed by atoms with Gasteiger partial charge in [-0.15, -0.1) is 0 Å². The molecule has 194 valence electrons. The zero-order chi connectivity index (χ0) is 27.7. The van der Waals surface area contributed by atoms with Gasteiger partial charge >= 0.3 is 0 Å². The van der Waals surface area contributed by atoms with Crippen molar-refractivity contribution in [2.75, 3.05) is 24.0 Å². The molecule has 0 aromatic heterocycles. The van der Waals surface area contributed by atoms with Crippen LogP contribution < -0.4 is 26.7 Å². The van der Waals surface area contributed by atoms with E-state index in [4.69, 9.17) is 26.7 Å². The average molecular weight is 511 g/mol. The van der Waals surface area contributed by atoms with Gasteiger partial charge in [0.05, 0.1) is 28.4 Å². The van der Waals surface area contributed by atoms with E-state index in [2.05, 4.69) is 0 Å². The number of carbonyl (C=O) groups excluding carboxylic acids is 2. The van der Waals surface area contributed by atoms with Crippen LogP contribution in [-0.4, -0.2) is 28.2 Å². The van der Waals surface area contributed by atoms with E-state index in [9.17, 15) is 29.8 Å². The van der Waals surface area contributed by atoms with Gasteiger partial charge in [0.15, 0.2) is 5.78 Å². The standard InChI is InChI=1S/C13H12N4O6.C11H13NO2/c14-10-3-1-8(5-12(10)16(18)19)22-7-23-9-2-4-11(15)13(6-9)17(20)21;1-7(13)6-11(14)9-4-3-5-10(12)8(9)2/h1-6H,7,14-15H2;3-5H,6,12H2,1-2H3. The van der Waals surface area contributed by atoms with Crippen molar-refractivity contribution in [2.45, 2.75) is 20.3 Å². The molecule has 0 unspecified atom stereocenters. The number of nitro benzene ring substituents is 2. The monoisotopic (exact) mass is 511 g/mol. The zero-order valence-electron chi connectivity index (χ0n) is 20.0. The fourth-order valence-corrected chi connectivity index (χ4v) is 2.99. The summed E-state index contributed by atoms with van der Waals surface area (Å²) < 4.78 is 10.4. The largest absolute Gasteiger partial charge is 0.457 e. The van der Waals surface area contributed by atoms with Crippen LogP contribution in [0.4, 0.5) is 28.4 Å². The lowest BCUT2D eigenvalue weighted by Crippen LogP contribution is -2.07. The number of hydrogen-bond acceptors (Lipinski definition) is 11. The van der Waals surface area contributed by atoms with Crippen molar-refractivity contribution < 1.29 is 28.9 Å². The molecule has 0 saturated carbocycles. The second-order valence-corrected chi connectivity index (χ2v) is 7.68. The van der Waals surface area contributed by atoms with Crippen molar-refractivity contribution in [1.82, 2.24) is 0 Å². The van der Waals surface area contributed by atoms with Crippen molar-refractivity contribution in [3.8, 4) is 11.5 Å². The van der Waals surface area contributed by atoms with Gasteiger partial charge in [-0.2, -0.15) is 0 Å². The molecule has 37 heavy (non-hydrogen) atoms. The maximum absolute atomic E-state index is 11.6. The molecule has 0 heterocycles. The minimum absolute atomic E-state index is 0.0115. The highest BCUT2D eigenvalue weighted by Gasteiger charge is 2.15. The van der Waals surface area contributed by atoms with Crippen molar-refractivity contribution >= 4 is 40.0 Å². The second-order valence-electron chi connectivity index (χ2n) is 7.68. The molecule has 3 aromatic rings. The third kappa shape index (κ3) is 7.92. The van der Waals surface area contributed by atoms with Crippen molar-refractivity contribution in [3.63, 3.8) is 0 Å². The van der Waals surface area contributed by atoms with Gasteiger partial charge in [0.25, 0.3) is 11.4 Å². The van der Waals surface area contributed by atoms with E-state index in [1.165, 1.54) is 31.2 Å². The second kappa shape index (κ2) is 12.5. The van der Waals surface area contributed by atoms with Gasteiger partial charge in [0, 0.05) is 11.3 Å². The van der Waals surface area contributed by atoms with Crippen LogP contribution in [0.3, 0.4) is 0 Å². The minimum Gasteiger partial charge on any atom is -0.457 e. The minimum atomic E-state index is -0.633. The first kappa shape index (κ1) is 28.0. The molecule has 3 rings (SSSR count). The summed E-state index contributed by atoms with van der Waals surface area (Å²) >= 11 is 0. The molecule has 6 N–H and O–H groups in total. The normalized spacial score (nSPS) is 10.0. The number of Topliss-reactive ketones (excluding diaryl/α,β-unsaturated/α-hetero) is 2. The number of nitrogens with two attached hydrogens (primary N) is 3. The Morgan fingerprint density at radius 3 is 1.73 bits per heavy atom. The quantitative estimate of drug-likeness (QED) is 0.0936. The first-order chi connectivity index (χ1) is 17.4. The Morgan fingerprint density at radius 2 is 1.30 bits per heavy atom. The summed E-state index contributed by atoms with van der Waals surface area (Å²) in [5, 5.41) is 21.5. The predicted molar refractivity (Wildman–Crippen MR) is 136 cm³/mol. The van der Waals surface area contributed by atoms with Gasteiger partial charge in [-0.3, -0.25) is 29.8 Å². The highest BCUT2D eigenvalue weighted by molar-refractivity contribution is 6.08. The third-order valence-electron chi connectivity index (χ3n) is 4.93. The van der Waals surface area contributed by atoms with Crippen LogP contribution in [0.5, 0.6) is 11.5 Å². The summed E-state index contributed by atoms with van der Waals surface area (Å²) in [5.41, 5.74) is 17.9. The van der Waals surface area contributed by atoms with Gasteiger partial charge in [-0.05, 0) is 49.7 Å². The van der Waals surface area contributed by atoms with Gasteiger partial charge < -0.3 is 26.7 Å². The van der Waals surface area contributed by atoms with E-state index in [-0.39, 0.29) is 59.0 Å². The van der Waals surface area contributed by atoms with Crippen LogP contribution in [0, 0.1) is 27.2 Å². The lowest BCUT2D eigenvalue weighted by molar-refractivity contribution is -0.384. The number of ketones is 2. The lowest BCUT2D eigenvalue weighted by atomic mass is 10.0. The molecule has 0 saturated heterocycles. The van der Waals surface area contributed by atoms with Crippen molar-refractivity contribution in [1.29, 1.82) is 0 Å². The van der Waals surface area contributed by atoms with E-state index in [0.717, 1.165) is 17.7 Å². The topological polar surface area (TPSA) is 217 Å². The smallest absolute Gasteiger partial charge is 0.295 e. The van der Waals surface area contributed by atoms with Gasteiger partial charge in [-0.25, -0.2) is 0 Å². The van der Waals surface area contributed by atoms with E-state index >= 15 is 0 Å². The molecule has 13 nitrogen and oxygen atoms in total. The summed E-state index contributed by atoms with van der Waals surface area (Å²) in [6.45, 7) is 2.88. The molecule has 0 bridgehead atoms. The molecular formula is C24H25N5O8. The van der Waals surface area contributed by atoms with Crippen LogP contribution in [0.15, 0.2) is 54.6 Å². The number of ether oxygens (including phenoxy) is 2. The molecule has 0 spiro atoms. The lowest BCUT2D eigenvalue weighted by Gasteiger charge is -2.09. The van der Waals surface area contributed by atoms with Crippen LogP contribution in [0.25, 0.3) is 0 Å². The number of anilines is 3. The number of rotatable bonds is 9. The van der Waals surface area contributed by atoms with Crippen LogP contribution in [0.2, 0.25) is 0 Å². The molecule has 0 aliphatic carbocycles. The van der Waals surface area contributed by atoms with E-state index < -0.39 is 9.85 Å². The van der Waals surface area contributed by atoms with E-state index in [1.807, 2.05) is 0 Å². The summed E-state index contributed by atoms with van der Waals surface area (Å²) in [7, 11) is 0. The fraction of sp³-hybridized carbons (Fsp3) is 0.167. The number of hydrogen-bond donors (Lipinski definition) is 3. The summed E-state index contributed by atoms with van der Waals surface area (Å²) in [5.74, 6) is 0.0609. The van der Waals surface area contributed by atoms with Gasteiger partial charge in [0.1, 0.15) is 28.7 Å². The third-order valence-corrected chi connectivity index (χ3v) is 4.93. The molecule has 0 radical (unpaired) electrons. The first-order valence-corrected chi connectivity index (χ1v) is 10.6. The van der Waals surface area contributed by atoms with Crippen LogP contribution >= 0.6 is 0 Å². The predicted octanol–water partition coefficient (Wildman–Crippen LogP) is 3.82. The number of nitrogen functional groups attached to an aromatic ring is 3. The van der Waals surface area contributed by atoms with Gasteiger partial charge in [0.2, 0.25) is 6.79 Å². The molecule has 0 aliphatic rings. The SMILES string of the molecule is CC(=O)CC(=O)c1cccc(N)c1C.Nc1ccc(OCOc2ccc(N)c([N+](=O)[O-])c2)cc1[N+](=O)[O-]. The summed E-state index contributed by atoms with van der Waals surface area (Å²) in [6, 6.07) is 13.0. The Balaban J connectivity index is 0.000000294. The molecule has 0 atom stereocenters. The average Bonchev–Trinajstić information content (AvgIpc) is 2.82. The first-order valence-electron chi connectivity index (χ1n) is 10.6. The fourth-order valence-electron chi connectivity index (χ4n) is 2.99. The molecule has 13 heteroatoms. The molecule has 3 aromatic carbocycles. The summed E-state index contributed by atoms with van der Waals surface area (Å²) in [4.78, 5) is 42.6. The number of carbonyl (C=O) groups is 2. The Hall–Kier alpha value is -5.20. The van der Waals surface area contributed by atoms with E-state index in [1.54, 1.807) is 25.1 Å². The highest BCUT2D eigenvalue weighted by atomic mass is 16.7. The Bertz CT molecular complexity index is 1280. The van der Waals surface area contributed by atoms with Crippen molar-refractivity contribution in [3.05, 3.63) is 86.0 Å². The Kier molecular flexibility index (Phi) is 9.46. The van der Waals surface area contributed by atoms with E-state index in [0.29, 0.717) is 11.3 Å². The maximum atomic E-state index is 11.6. The van der Waals surface area contributed by atoms with Crippen LogP contribution in [-0.2, 0) is 4.79 Å². The zero-order valence-corrected chi connectivity index (χ0v) is 20.0. The molecule has 0 fully saturated rings. The Labute approximate surface area is 211 Å². The molecule has 0 aliphatic heterocycles. The molecular weight excluding hydrogens is 486 g/mol. The van der Waals surface area contributed by atoms with Crippen LogP contribution in [0.1, 0.15) is 29.3 Å². The number of benzene rings is 3. The highest BCUT2D eigenvalue weighted by Crippen LogP contribution is 2.28. The maximum Gasteiger partial charge on any atom is 0.295 e. The van der Waals surface area contributed by atoms with Gasteiger partial charge in [-0.1, -0.05) is 12.1 Å². The Morgan fingerprint density at radius 1 is 0.811 bits per heavy atom. The molecule has 0 amide bonds. The summed E-state index contributed by atoms with van der Waals surface area (Å²) in [6.07, 6.45) is -0.0513. The number of nitro groups is 2. The number of nitrogens with zero attached hydrogens (tertiary/aromatic N) is 2.